The molecule has 2 rings (SSSR count). The maximum atomic E-state index is 5.30. The molecule has 0 bridgehead atoms. The maximum absolute atomic E-state index is 5.30. The molecule has 1 aliphatic heterocycles. The molecule has 1 N–H and O–H groups in total. The third-order valence-electron chi connectivity index (χ3n) is 3.67. The van der Waals surface area contributed by atoms with E-state index in [0.717, 1.165) is 26.1 Å². The standard InChI is InChI=1S/C15H24N2O/c1-12(18-3)10-17(2)11-15-8-13-6-4-5-7-14(13)9-16-15/h4-7,12,15-16H,8-11H2,1-3H3. The van der Waals surface area contributed by atoms with Crippen molar-refractivity contribution in [3.63, 3.8) is 0 Å². The van der Waals surface area contributed by atoms with E-state index in [-0.39, 0.29) is 0 Å². The lowest BCUT2D eigenvalue weighted by Crippen LogP contribution is -2.45. The summed E-state index contributed by atoms with van der Waals surface area (Å²) in [7, 11) is 3.94. The van der Waals surface area contributed by atoms with E-state index in [1.54, 1.807) is 7.11 Å². The third kappa shape index (κ3) is 3.55. The smallest absolute Gasteiger partial charge is 0.0670 e. The molecule has 1 aromatic carbocycles. The number of nitrogens with zero attached hydrogens (tertiary/aromatic N) is 1. The highest BCUT2D eigenvalue weighted by Crippen LogP contribution is 2.16. The minimum atomic E-state index is 0.297. The lowest BCUT2D eigenvalue weighted by Gasteiger charge is -2.30. The second-order valence-electron chi connectivity index (χ2n) is 5.32. The van der Waals surface area contributed by atoms with E-state index >= 15 is 0 Å². The summed E-state index contributed by atoms with van der Waals surface area (Å²) >= 11 is 0. The van der Waals surface area contributed by atoms with Crippen LogP contribution < -0.4 is 5.32 Å². The zero-order valence-electron chi connectivity index (χ0n) is 11.6. The van der Waals surface area contributed by atoms with Gasteiger partial charge in [0.2, 0.25) is 0 Å². The second-order valence-corrected chi connectivity index (χ2v) is 5.32. The lowest BCUT2D eigenvalue weighted by atomic mass is 9.96. The summed E-state index contributed by atoms with van der Waals surface area (Å²) in [6.45, 7) is 5.16. The number of methoxy groups -OCH3 is 1. The monoisotopic (exact) mass is 248 g/mol. The van der Waals surface area contributed by atoms with Gasteiger partial charge in [0.25, 0.3) is 0 Å². The normalized spacial score (nSPS) is 20.8. The van der Waals surface area contributed by atoms with E-state index in [9.17, 15) is 0 Å². The van der Waals surface area contributed by atoms with Gasteiger partial charge in [-0.25, -0.2) is 0 Å². The van der Waals surface area contributed by atoms with Crippen molar-refractivity contribution >= 4 is 0 Å². The molecule has 0 aromatic heterocycles. The van der Waals surface area contributed by atoms with Crippen LogP contribution in [0, 0.1) is 0 Å². The van der Waals surface area contributed by atoms with Gasteiger partial charge in [0, 0.05) is 32.8 Å². The zero-order chi connectivity index (χ0) is 13.0. The first-order valence-electron chi connectivity index (χ1n) is 6.70. The molecule has 0 aliphatic carbocycles. The molecule has 0 fully saturated rings. The van der Waals surface area contributed by atoms with Gasteiger partial charge in [0.05, 0.1) is 6.10 Å². The minimum absolute atomic E-state index is 0.297. The molecule has 0 radical (unpaired) electrons. The first kappa shape index (κ1) is 13.5. The Hall–Kier alpha value is -0.900. The van der Waals surface area contributed by atoms with Crippen LogP contribution in [0.1, 0.15) is 18.1 Å². The molecule has 100 valence electrons. The molecule has 0 spiro atoms. The van der Waals surface area contributed by atoms with Crippen molar-refractivity contribution in [3.05, 3.63) is 35.4 Å². The fraction of sp³-hybridized carbons (Fsp3) is 0.600. The summed E-state index contributed by atoms with van der Waals surface area (Å²) in [5.74, 6) is 0. The Morgan fingerprint density at radius 2 is 2.11 bits per heavy atom. The van der Waals surface area contributed by atoms with Crippen molar-refractivity contribution in [1.29, 1.82) is 0 Å². The van der Waals surface area contributed by atoms with Gasteiger partial charge in [-0.2, -0.15) is 0 Å². The second kappa shape index (κ2) is 6.32. The third-order valence-corrected chi connectivity index (χ3v) is 3.67. The van der Waals surface area contributed by atoms with Crippen molar-refractivity contribution in [2.24, 2.45) is 0 Å². The summed E-state index contributed by atoms with van der Waals surface area (Å²) in [5, 5.41) is 3.61. The molecule has 3 heteroatoms. The molecule has 1 aromatic rings. The molecule has 0 saturated carbocycles. The molecule has 1 heterocycles. The number of nitrogens with one attached hydrogen (secondary N) is 1. The molecular weight excluding hydrogens is 224 g/mol. The highest BCUT2D eigenvalue weighted by Gasteiger charge is 2.19. The quantitative estimate of drug-likeness (QED) is 0.858. The molecule has 2 unspecified atom stereocenters. The molecule has 2 atom stereocenters. The molecule has 3 nitrogen and oxygen atoms in total. The summed E-state index contributed by atoms with van der Waals surface area (Å²) in [4.78, 5) is 2.35. The fourth-order valence-corrected chi connectivity index (χ4v) is 2.61. The van der Waals surface area contributed by atoms with Gasteiger partial charge in [0.15, 0.2) is 0 Å². The average Bonchev–Trinajstić information content (AvgIpc) is 2.38. The number of hydrogen-bond donors (Lipinski definition) is 1. The summed E-state index contributed by atoms with van der Waals surface area (Å²) in [6.07, 6.45) is 1.42. The number of benzene rings is 1. The Morgan fingerprint density at radius 1 is 1.39 bits per heavy atom. The average molecular weight is 248 g/mol. The SMILES string of the molecule is COC(C)CN(C)CC1Cc2ccccc2CN1. The van der Waals surface area contributed by atoms with Gasteiger partial charge < -0.3 is 15.0 Å². The van der Waals surface area contributed by atoms with Crippen LogP contribution in [0.3, 0.4) is 0 Å². The van der Waals surface area contributed by atoms with Crippen molar-refractivity contribution in [2.45, 2.75) is 32.0 Å². The first-order valence-corrected chi connectivity index (χ1v) is 6.70. The molecule has 0 saturated heterocycles. The van der Waals surface area contributed by atoms with Crippen molar-refractivity contribution in [3.8, 4) is 0 Å². The highest BCUT2D eigenvalue weighted by atomic mass is 16.5. The van der Waals surface area contributed by atoms with Crippen LogP contribution in [0.15, 0.2) is 24.3 Å². The van der Waals surface area contributed by atoms with Crippen LogP contribution in [0.25, 0.3) is 0 Å². The lowest BCUT2D eigenvalue weighted by molar-refractivity contribution is 0.0823. The number of likely N-dealkylation sites (N-methyl/N-ethyl adjacent to an activating group) is 1. The molecular formula is C15H24N2O. The van der Waals surface area contributed by atoms with Gasteiger partial charge >= 0.3 is 0 Å². The van der Waals surface area contributed by atoms with Crippen LogP contribution in [0.4, 0.5) is 0 Å². The van der Waals surface area contributed by atoms with Crippen molar-refractivity contribution in [1.82, 2.24) is 10.2 Å². The van der Waals surface area contributed by atoms with Gasteiger partial charge in [-0.1, -0.05) is 24.3 Å². The predicted octanol–water partition coefficient (Wildman–Crippen LogP) is 1.67. The van der Waals surface area contributed by atoms with Gasteiger partial charge in [-0.3, -0.25) is 0 Å². The van der Waals surface area contributed by atoms with E-state index in [4.69, 9.17) is 4.74 Å². The van der Waals surface area contributed by atoms with Crippen molar-refractivity contribution < 1.29 is 4.74 Å². The number of ether oxygens (including phenoxy) is 1. The first-order chi connectivity index (χ1) is 8.69. The van der Waals surface area contributed by atoms with Crippen LogP contribution in [-0.4, -0.2) is 44.3 Å². The Labute approximate surface area is 110 Å². The molecule has 18 heavy (non-hydrogen) atoms. The molecule has 0 amide bonds. The Bertz CT molecular complexity index is 381. The Kier molecular flexibility index (Phi) is 4.75. The highest BCUT2D eigenvalue weighted by molar-refractivity contribution is 5.29. The number of rotatable bonds is 5. The summed E-state index contributed by atoms with van der Waals surface area (Å²) in [5.41, 5.74) is 2.94. The zero-order valence-corrected chi connectivity index (χ0v) is 11.6. The van der Waals surface area contributed by atoms with Crippen LogP contribution >= 0.6 is 0 Å². The Balaban J connectivity index is 1.86. The van der Waals surface area contributed by atoms with Crippen LogP contribution in [-0.2, 0) is 17.7 Å². The van der Waals surface area contributed by atoms with E-state index in [1.165, 1.54) is 11.1 Å². The van der Waals surface area contributed by atoms with Crippen molar-refractivity contribution in [2.75, 3.05) is 27.2 Å². The van der Waals surface area contributed by atoms with Crippen LogP contribution in [0.5, 0.6) is 0 Å². The minimum Gasteiger partial charge on any atom is -0.380 e. The van der Waals surface area contributed by atoms with E-state index in [0.29, 0.717) is 12.1 Å². The maximum Gasteiger partial charge on any atom is 0.0670 e. The summed E-state index contributed by atoms with van der Waals surface area (Å²) < 4.78 is 5.30. The number of fused-ring (bicyclic) bond motifs is 1. The fourth-order valence-electron chi connectivity index (χ4n) is 2.61. The van der Waals surface area contributed by atoms with E-state index < -0.39 is 0 Å². The largest absolute Gasteiger partial charge is 0.380 e. The topological polar surface area (TPSA) is 24.5 Å². The molecule has 1 aliphatic rings. The van der Waals surface area contributed by atoms with E-state index in [1.807, 2.05) is 0 Å². The number of hydrogen-bond acceptors (Lipinski definition) is 3. The predicted molar refractivity (Wildman–Crippen MR) is 74.7 cm³/mol. The summed E-state index contributed by atoms with van der Waals surface area (Å²) in [6, 6.07) is 9.27. The van der Waals surface area contributed by atoms with Crippen LogP contribution in [0.2, 0.25) is 0 Å². The van der Waals surface area contributed by atoms with Gasteiger partial charge in [0.1, 0.15) is 0 Å². The van der Waals surface area contributed by atoms with Gasteiger partial charge in [-0.05, 0) is 31.5 Å². The van der Waals surface area contributed by atoms with Gasteiger partial charge in [-0.15, -0.1) is 0 Å². The van der Waals surface area contributed by atoms with E-state index in [2.05, 4.69) is 48.5 Å². The Morgan fingerprint density at radius 3 is 2.83 bits per heavy atom.